The summed E-state index contributed by atoms with van der Waals surface area (Å²) in [4.78, 5) is 25.6. The number of hydrogen-bond donors (Lipinski definition) is 3. The summed E-state index contributed by atoms with van der Waals surface area (Å²) >= 11 is 1.57. The third-order valence-electron chi connectivity index (χ3n) is 4.40. The lowest BCUT2D eigenvalue weighted by molar-refractivity contribution is 0.0524. The number of aromatic nitrogens is 2. The van der Waals surface area contributed by atoms with Crippen LogP contribution in [-0.4, -0.2) is 34.5 Å². The molecule has 9 heteroatoms. The molecule has 0 atom stereocenters. The van der Waals surface area contributed by atoms with E-state index in [0.29, 0.717) is 11.7 Å². The second-order valence-corrected chi connectivity index (χ2v) is 9.05. The van der Waals surface area contributed by atoms with E-state index in [-0.39, 0.29) is 6.54 Å². The topological polar surface area (TPSA) is 115 Å². The highest BCUT2D eigenvalue weighted by Gasteiger charge is 2.18. The first-order valence-corrected chi connectivity index (χ1v) is 11.0. The Morgan fingerprint density at radius 1 is 1.31 bits per heavy atom. The maximum Gasteiger partial charge on any atom is 0.407 e. The monoisotopic (exact) mass is 452 g/mol. The van der Waals surface area contributed by atoms with Crippen molar-refractivity contribution < 1.29 is 9.53 Å². The molecule has 0 aromatic carbocycles. The molecule has 0 bridgehead atoms. The van der Waals surface area contributed by atoms with Gasteiger partial charge in [0.05, 0.1) is 10.2 Å². The number of fused-ring (bicyclic) bond motifs is 1. The Hall–Kier alpha value is -3.46. The number of thiophene rings is 1. The number of amidine groups is 1. The van der Waals surface area contributed by atoms with Crippen LogP contribution in [0.25, 0.3) is 21.3 Å². The lowest BCUT2D eigenvalue weighted by Gasteiger charge is -2.19. The number of rotatable bonds is 6. The lowest BCUT2D eigenvalue weighted by atomic mass is 10.1. The second kappa shape index (κ2) is 9.78. The molecule has 0 saturated heterocycles. The predicted molar refractivity (Wildman–Crippen MR) is 130 cm³/mol. The van der Waals surface area contributed by atoms with E-state index in [4.69, 9.17) is 15.5 Å². The molecule has 3 aromatic heterocycles. The number of aliphatic imine (C=N–C) groups is 1. The molecule has 0 saturated carbocycles. The maximum absolute atomic E-state index is 12.2. The summed E-state index contributed by atoms with van der Waals surface area (Å²) in [5, 5.41) is 7.82. The summed E-state index contributed by atoms with van der Waals surface area (Å²) in [6.45, 7) is 7.63. The van der Waals surface area contributed by atoms with Crippen LogP contribution in [0.15, 0.2) is 52.7 Å². The molecule has 3 heterocycles. The summed E-state index contributed by atoms with van der Waals surface area (Å²) in [7, 11) is 1.80. The zero-order valence-corrected chi connectivity index (χ0v) is 19.7. The molecule has 0 radical (unpaired) electrons. The first-order chi connectivity index (χ1) is 15.2. The van der Waals surface area contributed by atoms with Crippen LogP contribution in [0.4, 0.5) is 10.6 Å². The van der Waals surface area contributed by atoms with Crippen molar-refractivity contribution in [1.29, 1.82) is 0 Å². The van der Waals surface area contributed by atoms with E-state index in [1.54, 1.807) is 37.0 Å². The molecule has 0 fully saturated rings. The van der Waals surface area contributed by atoms with Crippen LogP contribution in [-0.2, 0) is 11.3 Å². The van der Waals surface area contributed by atoms with Crippen LogP contribution < -0.4 is 16.4 Å². The zero-order chi connectivity index (χ0) is 23.3. The van der Waals surface area contributed by atoms with Gasteiger partial charge in [-0.25, -0.2) is 14.8 Å². The number of ether oxygens (including phenoxy) is 1. The smallest absolute Gasteiger partial charge is 0.407 e. The molecule has 32 heavy (non-hydrogen) atoms. The molecular formula is C23H28N6O2S. The van der Waals surface area contributed by atoms with Gasteiger partial charge in [0.2, 0.25) is 0 Å². The summed E-state index contributed by atoms with van der Waals surface area (Å²) in [5.74, 6) is 0.825. The van der Waals surface area contributed by atoms with E-state index in [0.717, 1.165) is 32.5 Å². The van der Waals surface area contributed by atoms with Crippen LogP contribution in [0.1, 0.15) is 33.3 Å². The highest BCUT2D eigenvalue weighted by molar-refractivity contribution is 7.17. The third kappa shape index (κ3) is 5.82. The SMILES string of the molecule is CN/C=C(/C)C(N)=Nc1cc(CNC(=O)OC(C)(C)C)c2scc(-c3ccncc3)c2n1. The number of nitrogens with one attached hydrogen (secondary N) is 2. The zero-order valence-electron chi connectivity index (χ0n) is 18.9. The molecule has 0 aliphatic carbocycles. The van der Waals surface area contributed by atoms with Crippen LogP contribution in [0.3, 0.4) is 0 Å². The number of carbonyl (C=O) groups is 1. The molecule has 3 aromatic rings. The first kappa shape index (κ1) is 23.2. The van der Waals surface area contributed by atoms with Gasteiger partial charge in [-0.15, -0.1) is 11.3 Å². The molecule has 0 aliphatic rings. The largest absolute Gasteiger partial charge is 0.444 e. The van der Waals surface area contributed by atoms with Crippen molar-refractivity contribution in [2.75, 3.05) is 7.05 Å². The number of nitrogens with two attached hydrogens (primary N) is 1. The Kier molecular flexibility index (Phi) is 7.09. The standard InChI is InChI=1S/C23H28N6O2S/c1-14(11-25-5)21(24)29-18-10-16(12-27-22(30)31-23(2,3)4)20-19(28-18)17(13-32-20)15-6-8-26-9-7-15/h6-11,13,25H,12H2,1-5H3,(H,27,30)(H2,24,28,29)/b14-11-. The number of hydrogen-bond acceptors (Lipinski definition) is 7. The molecule has 0 unspecified atom stereocenters. The molecule has 3 rings (SSSR count). The van der Waals surface area contributed by atoms with E-state index in [1.807, 2.05) is 51.3 Å². The van der Waals surface area contributed by atoms with Gasteiger partial charge in [0.1, 0.15) is 11.4 Å². The second-order valence-electron chi connectivity index (χ2n) is 8.17. The highest BCUT2D eigenvalue weighted by atomic mass is 32.1. The number of nitrogens with zero attached hydrogens (tertiary/aromatic N) is 3. The Labute approximate surface area is 191 Å². The van der Waals surface area contributed by atoms with Crippen LogP contribution in [0.5, 0.6) is 0 Å². The Bertz CT molecular complexity index is 1160. The molecule has 8 nitrogen and oxygen atoms in total. The van der Waals surface area contributed by atoms with Crippen molar-refractivity contribution >= 4 is 39.3 Å². The average molecular weight is 453 g/mol. The van der Waals surface area contributed by atoms with E-state index in [2.05, 4.69) is 20.6 Å². The molecular weight excluding hydrogens is 424 g/mol. The summed E-state index contributed by atoms with van der Waals surface area (Å²) in [5.41, 5.74) is 10.0. The first-order valence-electron chi connectivity index (χ1n) is 10.1. The lowest BCUT2D eigenvalue weighted by Crippen LogP contribution is -2.32. The summed E-state index contributed by atoms with van der Waals surface area (Å²) in [6.07, 6.45) is 4.78. The minimum absolute atomic E-state index is 0.276. The van der Waals surface area contributed by atoms with E-state index < -0.39 is 11.7 Å². The molecule has 1 amide bonds. The van der Waals surface area contributed by atoms with Crippen molar-refractivity contribution in [1.82, 2.24) is 20.6 Å². The van der Waals surface area contributed by atoms with Gasteiger partial charge < -0.3 is 21.1 Å². The predicted octanol–water partition coefficient (Wildman–Crippen LogP) is 4.49. The summed E-state index contributed by atoms with van der Waals surface area (Å²) in [6, 6.07) is 5.71. The fourth-order valence-corrected chi connectivity index (χ4v) is 4.00. The van der Waals surface area contributed by atoms with Gasteiger partial charge in [0.15, 0.2) is 5.82 Å². The Balaban J connectivity index is 2.05. The number of carbonyl (C=O) groups excluding carboxylic acids is 1. The van der Waals surface area contributed by atoms with Crippen molar-refractivity contribution in [3.8, 4) is 11.1 Å². The quantitative estimate of drug-likeness (QED) is 0.375. The highest BCUT2D eigenvalue weighted by Crippen LogP contribution is 2.36. The molecule has 4 N–H and O–H groups in total. The number of amides is 1. The van der Waals surface area contributed by atoms with E-state index >= 15 is 0 Å². The van der Waals surface area contributed by atoms with Gasteiger partial charge in [-0.05, 0) is 57.0 Å². The van der Waals surface area contributed by atoms with Crippen LogP contribution in [0.2, 0.25) is 0 Å². The van der Waals surface area contributed by atoms with Gasteiger partial charge in [-0.2, -0.15) is 0 Å². The van der Waals surface area contributed by atoms with Gasteiger partial charge in [0, 0.05) is 48.7 Å². The fraction of sp³-hybridized carbons (Fsp3) is 0.304. The number of alkyl carbamates (subject to hydrolysis) is 1. The van der Waals surface area contributed by atoms with Crippen LogP contribution in [0, 0.1) is 0 Å². The van der Waals surface area contributed by atoms with Crippen molar-refractivity contribution in [3.05, 3.63) is 53.3 Å². The van der Waals surface area contributed by atoms with Crippen molar-refractivity contribution in [3.63, 3.8) is 0 Å². The summed E-state index contributed by atoms with van der Waals surface area (Å²) < 4.78 is 6.33. The normalized spacial score (nSPS) is 12.7. The average Bonchev–Trinajstić information content (AvgIpc) is 3.15. The van der Waals surface area contributed by atoms with Gasteiger partial charge in [0.25, 0.3) is 0 Å². The minimum atomic E-state index is -0.573. The molecule has 0 aliphatic heterocycles. The third-order valence-corrected chi connectivity index (χ3v) is 5.44. The van der Waals surface area contributed by atoms with Gasteiger partial charge in [-0.1, -0.05) is 0 Å². The molecule has 168 valence electrons. The Morgan fingerprint density at radius 2 is 2.03 bits per heavy atom. The minimum Gasteiger partial charge on any atom is -0.444 e. The molecule has 0 spiro atoms. The van der Waals surface area contributed by atoms with E-state index in [9.17, 15) is 4.79 Å². The van der Waals surface area contributed by atoms with Gasteiger partial charge in [-0.3, -0.25) is 4.98 Å². The maximum atomic E-state index is 12.2. The van der Waals surface area contributed by atoms with Crippen molar-refractivity contribution in [2.45, 2.75) is 39.8 Å². The number of pyridine rings is 2. The van der Waals surface area contributed by atoms with Crippen molar-refractivity contribution in [2.24, 2.45) is 10.7 Å². The van der Waals surface area contributed by atoms with E-state index in [1.165, 1.54) is 0 Å². The van der Waals surface area contributed by atoms with Crippen LogP contribution >= 0.6 is 11.3 Å². The Morgan fingerprint density at radius 3 is 2.69 bits per heavy atom. The fourth-order valence-electron chi connectivity index (χ4n) is 2.97. The van der Waals surface area contributed by atoms with Gasteiger partial charge >= 0.3 is 6.09 Å².